The lowest BCUT2D eigenvalue weighted by molar-refractivity contribution is -0.141. The van der Waals surface area contributed by atoms with E-state index in [4.69, 9.17) is 0 Å². The molecule has 3 rings (SSSR count). The van der Waals surface area contributed by atoms with Crippen LogP contribution in [0.3, 0.4) is 0 Å². The molecule has 27 heavy (non-hydrogen) atoms. The van der Waals surface area contributed by atoms with Gasteiger partial charge in [0.25, 0.3) is 0 Å². The summed E-state index contributed by atoms with van der Waals surface area (Å²) in [6.45, 7) is 0.547. The quantitative estimate of drug-likeness (QED) is 0.509. The smallest absolute Gasteiger partial charge is 0.350 e. The Morgan fingerprint density at radius 2 is 1.70 bits per heavy atom. The summed E-state index contributed by atoms with van der Waals surface area (Å²) in [7, 11) is 0. The Morgan fingerprint density at radius 3 is 2.41 bits per heavy atom. The third kappa shape index (κ3) is 5.46. The van der Waals surface area contributed by atoms with Crippen molar-refractivity contribution in [3.05, 3.63) is 72.1 Å². The summed E-state index contributed by atoms with van der Waals surface area (Å²) < 4.78 is 37.8. The number of aromatic nitrogens is 4. The van der Waals surface area contributed by atoms with Crippen molar-refractivity contribution < 1.29 is 13.2 Å². The van der Waals surface area contributed by atoms with Gasteiger partial charge in [0, 0.05) is 25.1 Å². The fourth-order valence-electron chi connectivity index (χ4n) is 2.03. The highest BCUT2D eigenvalue weighted by Crippen LogP contribution is 2.26. The van der Waals surface area contributed by atoms with Crippen molar-refractivity contribution in [2.75, 3.05) is 10.7 Å². The molecule has 10 heteroatoms. The van der Waals surface area contributed by atoms with Gasteiger partial charge in [0.1, 0.15) is 5.69 Å². The summed E-state index contributed by atoms with van der Waals surface area (Å²) in [6.07, 6.45) is 0.934. The molecule has 0 atom stereocenters. The van der Waals surface area contributed by atoms with Crippen LogP contribution in [0.15, 0.2) is 60.1 Å². The fourth-order valence-corrected chi connectivity index (χ4v) is 2.03. The average molecular weight is 373 g/mol. The second-order valence-corrected chi connectivity index (χ2v) is 5.29. The van der Waals surface area contributed by atoms with Gasteiger partial charge in [-0.05, 0) is 29.8 Å². The maximum absolute atomic E-state index is 12.6. The first-order valence-electron chi connectivity index (χ1n) is 7.80. The molecular weight excluding hydrogens is 359 g/mol. The topological polar surface area (TPSA) is 88.0 Å². The molecule has 0 saturated carbocycles. The second-order valence-electron chi connectivity index (χ2n) is 5.29. The first kappa shape index (κ1) is 18.2. The highest BCUT2D eigenvalue weighted by Gasteiger charge is 2.32. The molecule has 1 aromatic carbocycles. The van der Waals surface area contributed by atoms with Gasteiger partial charge in [-0.3, -0.25) is 5.43 Å². The molecule has 138 valence electrons. The Labute approximate surface area is 152 Å². The Bertz CT molecular complexity index is 896. The van der Waals surface area contributed by atoms with Gasteiger partial charge in [-0.15, -0.1) is 0 Å². The van der Waals surface area contributed by atoms with Crippen LogP contribution in [0.1, 0.15) is 17.1 Å². The molecule has 0 aliphatic heterocycles. The average Bonchev–Trinajstić information content (AvgIpc) is 2.68. The zero-order chi connectivity index (χ0) is 19.1. The zero-order valence-corrected chi connectivity index (χ0v) is 13.9. The third-order valence-electron chi connectivity index (χ3n) is 3.31. The first-order chi connectivity index (χ1) is 13.0. The van der Waals surface area contributed by atoms with Crippen LogP contribution in [0.5, 0.6) is 0 Å². The molecule has 0 fully saturated rings. The summed E-state index contributed by atoms with van der Waals surface area (Å²) in [5.74, 6) is 0.395. The maximum atomic E-state index is 12.6. The minimum Gasteiger partial charge on any atom is -0.350 e. The van der Waals surface area contributed by atoms with Crippen molar-refractivity contribution in [3.8, 4) is 0 Å². The van der Waals surface area contributed by atoms with E-state index >= 15 is 0 Å². The highest BCUT2D eigenvalue weighted by atomic mass is 19.4. The van der Waals surface area contributed by atoms with E-state index in [9.17, 15) is 13.2 Å². The third-order valence-corrected chi connectivity index (χ3v) is 3.31. The first-order valence-corrected chi connectivity index (χ1v) is 7.80. The molecule has 0 unspecified atom stereocenters. The molecule has 7 nitrogen and oxygen atoms in total. The number of rotatable bonds is 6. The number of hydrazone groups is 1. The van der Waals surface area contributed by atoms with Gasteiger partial charge in [-0.2, -0.15) is 18.3 Å². The van der Waals surface area contributed by atoms with Crippen LogP contribution in [0.25, 0.3) is 0 Å². The van der Waals surface area contributed by atoms with E-state index in [1.807, 2.05) is 12.1 Å². The van der Waals surface area contributed by atoms with Crippen LogP contribution >= 0.6 is 0 Å². The van der Waals surface area contributed by atoms with Crippen LogP contribution in [-0.2, 0) is 12.7 Å². The molecule has 0 spiro atoms. The van der Waals surface area contributed by atoms with E-state index in [2.05, 4.69) is 35.8 Å². The maximum Gasteiger partial charge on any atom is 0.433 e. The molecule has 0 saturated heterocycles. The van der Waals surface area contributed by atoms with Crippen molar-refractivity contribution >= 4 is 17.9 Å². The number of nitrogens with zero attached hydrogens (tertiary/aromatic N) is 5. The summed E-state index contributed by atoms with van der Waals surface area (Å²) >= 11 is 0. The highest BCUT2D eigenvalue weighted by molar-refractivity contribution is 5.75. The minimum absolute atomic E-state index is 0.138. The predicted octanol–water partition coefficient (Wildman–Crippen LogP) is 3.34. The lowest BCUT2D eigenvalue weighted by Gasteiger charge is -2.06. The molecule has 2 heterocycles. The van der Waals surface area contributed by atoms with E-state index in [-0.39, 0.29) is 5.82 Å². The Kier molecular flexibility index (Phi) is 5.55. The number of nitrogens with one attached hydrogen (secondary N) is 2. The number of anilines is 2. The lowest BCUT2D eigenvalue weighted by Crippen LogP contribution is -2.10. The largest absolute Gasteiger partial charge is 0.433 e. The van der Waals surface area contributed by atoms with E-state index in [1.54, 1.807) is 30.6 Å². The molecule has 0 aliphatic rings. The van der Waals surface area contributed by atoms with Gasteiger partial charge in [0.15, 0.2) is 5.82 Å². The van der Waals surface area contributed by atoms with E-state index in [0.717, 1.165) is 24.0 Å². The lowest BCUT2D eigenvalue weighted by atomic mass is 10.2. The zero-order valence-electron chi connectivity index (χ0n) is 13.9. The summed E-state index contributed by atoms with van der Waals surface area (Å²) in [4.78, 5) is 15.3. The van der Waals surface area contributed by atoms with E-state index in [0.29, 0.717) is 18.2 Å². The molecule has 2 aromatic heterocycles. The second kappa shape index (κ2) is 8.21. The van der Waals surface area contributed by atoms with Crippen molar-refractivity contribution in [3.63, 3.8) is 0 Å². The van der Waals surface area contributed by atoms with Crippen molar-refractivity contribution in [2.24, 2.45) is 5.10 Å². The SMILES string of the molecule is FC(F)(F)c1ccnc(/C=N/Nc2ccc(CNc3ncccn3)cc2)n1. The monoisotopic (exact) mass is 373 g/mol. The predicted molar refractivity (Wildman–Crippen MR) is 94.1 cm³/mol. The summed E-state index contributed by atoms with van der Waals surface area (Å²) in [5.41, 5.74) is 3.36. The number of hydrogen-bond acceptors (Lipinski definition) is 7. The minimum atomic E-state index is -4.52. The summed E-state index contributed by atoms with van der Waals surface area (Å²) in [5, 5.41) is 6.94. The van der Waals surface area contributed by atoms with Gasteiger partial charge in [-0.1, -0.05) is 12.1 Å². The Hall–Kier alpha value is -3.56. The Balaban J connectivity index is 1.55. The summed E-state index contributed by atoms with van der Waals surface area (Å²) in [6, 6.07) is 9.85. The van der Waals surface area contributed by atoms with Gasteiger partial charge in [0.2, 0.25) is 5.95 Å². The van der Waals surface area contributed by atoms with Gasteiger partial charge in [-0.25, -0.2) is 19.9 Å². The molecule has 0 bridgehead atoms. The Morgan fingerprint density at radius 1 is 0.963 bits per heavy atom. The van der Waals surface area contributed by atoms with Crippen LogP contribution in [-0.4, -0.2) is 26.2 Å². The molecule has 2 N–H and O–H groups in total. The van der Waals surface area contributed by atoms with Gasteiger partial charge in [0.05, 0.1) is 11.9 Å². The molecule has 0 aliphatic carbocycles. The van der Waals surface area contributed by atoms with Crippen LogP contribution in [0.2, 0.25) is 0 Å². The molecule has 0 radical (unpaired) electrons. The normalized spacial score (nSPS) is 11.5. The number of halogens is 3. The van der Waals surface area contributed by atoms with E-state index < -0.39 is 11.9 Å². The molecule has 3 aromatic rings. The molecule has 0 amide bonds. The van der Waals surface area contributed by atoms with Crippen LogP contribution in [0.4, 0.5) is 24.8 Å². The number of benzene rings is 1. The van der Waals surface area contributed by atoms with Crippen molar-refractivity contribution in [2.45, 2.75) is 12.7 Å². The number of hydrogen-bond donors (Lipinski definition) is 2. The van der Waals surface area contributed by atoms with Crippen molar-refractivity contribution in [1.29, 1.82) is 0 Å². The van der Waals surface area contributed by atoms with Crippen LogP contribution < -0.4 is 10.7 Å². The number of alkyl halides is 3. The fraction of sp³-hybridized carbons (Fsp3) is 0.118. The van der Waals surface area contributed by atoms with E-state index in [1.165, 1.54) is 0 Å². The standard InChI is InChI=1S/C17H14F3N7/c18-17(19,20)14-6-9-21-15(26-14)11-25-27-13-4-2-12(3-5-13)10-24-16-22-7-1-8-23-16/h1-9,11,27H,10H2,(H,22,23,24)/b25-11+. The van der Waals surface area contributed by atoms with Gasteiger partial charge >= 0.3 is 6.18 Å². The van der Waals surface area contributed by atoms with Gasteiger partial charge < -0.3 is 5.32 Å². The molecular formula is C17H14F3N7. The van der Waals surface area contributed by atoms with Crippen LogP contribution in [0, 0.1) is 0 Å². The van der Waals surface area contributed by atoms with Crippen molar-refractivity contribution in [1.82, 2.24) is 19.9 Å².